The second-order valence-electron chi connectivity index (χ2n) is 3.60. The van der Waals surface area contributed by atoms with E-state index in [-0.39, 0.29) is 24.7 Å². The van der Waals surface area contributed by atoms with Crippen LogP contribution in [0.5, 0.6) is 0 Å². The van der Waals surface area contributed by atoms with Crippen molar-refractivity contribution >= 4 is 0 Å². The van der Waals surface area contributed by atoms with E-state index in [0.29, 0.717) is 13.2 Å². The molecule has 0 heterocycles. The SMILES string of the molecule is C=CC(C)OCC(CO)COC(C)C=C. The van der Waals surface area contributed by atoms with Crippen molar-refractivity contribution in [2.24, 2.45) is 5.92 Å². The lowest BCUT2D eigenvalue weighted by Crippen LogP contribution is -2.24. The maximum absolute atomic E-state index is 9.09. The van der Waals surface area contributed by atoms with Gasteiger partial charge in [0.25, 0.3) is 0 Å². The molecular formula is C12H22O3. The molecule has 0 aliphatic carbocycles. The zero-order valence-corrected chi connectivity index (χ0v) is 9.69. The Morgan fingerprint density at radius 3 is 1.73 bits per heavy atom. The van der Waals surface area contributed by atoms with Gasteiger partial charge in [0.15, 0.2) is 0 Å². The minimum absolute atomic E-state index is 0.00907. The zero-order chi connectivity index (χ0) is 11.7. The van der Waals surface area contributed by atoms with Gasteiger partial charge in [0, 0.05) is 5.92 Å². The largest absolute Gasteiger partial charge is 0.396 e. The quantitative estimate of drug-likeness (QED) is 0.595. The van der Waals surface area contributed by atoms with E-state index in [4.69, 9.17) is 14.6 Å². The second-order valence-corrected chi connectivity index (χ2v) is 3.60. The van der Waals surface area contributed by atoms with Gasteiger partial charge in [-0.05, 0) is 13.8 Å². The minimum atomic E-state index is 0.00907. The molecule has 0 aliphatic heterocycles. The first-order valence-corrected chi connectivity index (χ1v) is 5.23. The van der Waals surface area contributed by atoms with Gasteiger partial charge in [-0.25, -0.2) is 0 Å². The molecule has 0 aromatic rings. The van der Waals surface area contributed by atoms with Crippen LogP contribution in [0.25, 0.3) is 0 Å². The number of hydrogen-bond donors (Lipinski definition) is 1. The van der Waals surface area contributed by atoms with E-state index in [1.165, 1.54) is 0 Å². The van der Waals surface area contributed by atoms with Crippen LogP contribution >= 0.6 is 0 Å². The van der Waals surface area contributed by atoms with Crippen LogP contribution in [0, 0.1) is 5.92 Å². The van der Waals surface area contributed by atoms with E-state index in [1.807, 2.05) is 13.8 Å². The summed E-state index contributed by atoms with van der Waals surface area (Å²) in [5.74, 6) is 0.00907. The van der Waals surface area contributed by atoms with Crippen LogP contribution in [-0.4, -0.2) is 37.1 Å². The van der Waals surface area contributed by atoms with Gasteiger partial charge in [-0.15, -0.1) is 13.2 Å². The number of aliphatic hydroxyl groups is 1. The Hall–Kier alpha value is -0.640. The normalized spacial score (nSPS) is 16.7. The van der Waals surface area contributed by atoms with E-state index < -0.39 is 0 Å². The summed E-state index contributed by atoms with van der Waals surface area (Å²) < 4.78 is 10.9. The molecule has 0 bridgehead atoms. The highest BCUT2D eigenvalue weighted by atomic mass is 16.5. The first kappa shape index (κ1) is 14.4. The minimum Gasteiger partial charge on any atom is -0.396 e. The third-order valence-corrected chi connectivity index (χ3v) is 2.11. The van der Waals surface area contributed by atoms with Gasteiger partial charge in [-0.3, -0.25) is 0 Å². The first-order chi connectivity index (χ1) is 7.13. The van der Waals surface area contributed by atoms with Gasteiger partial charge in [0.2, 0.25) is 0 Å². The predicted octanol–water partition coefficient (Wildman–Crippen LogP) is 1.78. The van der Waals surface area contributed by atoms with Gasteiger partial charge in [-0.1, -0.05) is 12.2 Å². The Kier molecular flexibility index (Phi) is 8.28. The maximum Gasteiger partial charge on any atom is 0.0725 e. The van der Waals surface area contributed by atoms with Crippen LogP contribution in [0.1, 0.15) is 13.8 Å². The van der Waals surface area contributed by atoms with Crippen LogP contribution in [0.3, 0.4) is 0 Å². The second kappa shape index (κ2) is 8.65. The number of hydrogen-bond acceptors (Lipinski definition) is 3. The van der Waals surface area contributed by atoms with Crippen molar-refractivity contribution in [2.45, 2.75) is 26.1 Å². The van der Waals surface area contributed by atoms with Crippen LogP contribution in [0.4, 0.5) is 0 Å². The molecule has 3 nitrogen and oxygen atoms in total. The van der Waals surface area contributed by atoms with Gasteiger partial charge in [-0.2, -0.15) is 0 Å². The molecule has 1 N–H and O–H groups in total. The lowest BCUT2D eigenvalue weighted by Gasteiger charge is -2.18. The molecule has 88 valence electrons. The molecule has 3 heteroatoms. The van der Waals surface area contributed by atoms with Crippen molar-refractivity contribution in [3.63, 3.8) is 0 Å². The van der Waals surface area contributed by atoms with Crippen molar-refractivity contribution < 1.29 is 14.6 Å². The van der Waals surface area contributed by atoms with Gasteiger partial charge in [0.05, 0.1) is 32.0 Å². The molecule has 0 saturated carbocycles. The zero-order valence-electron chi connectivity index (χ0n) is 9.69. The predicted molar refractivity (Wildman–Crippen MR) is 61.8 cm³/mol. The monoisotopic (exact) mass is 214 g/mol. The van der Waals surface area contributed by atoms with Crippen molar-refractivity contribution in [1.82, 2.24) is 0 Å². The number of aliphatic hydroxyl groups excluding tert-OH is 1. The Morgan fingerprint density at radius 1 is 1.07 bits per heavy atom. The van der Waals surface area contributed by atoms with E-state index in [0.717, 1.165) is 0 Å². The molecule has 0 aromatic carbocycles. The number of ether oxygens (including phenoxy) is 2. The molecule has 0 aromatic heterocycles. The summed E-state index contributed by atoms with van der Waals surface area (Å²) in [7, 11) is 0. The molecule has 0 spiro atoms. The summed E-state index contributed by atoms with van der Waals surface area (Å²) in [4.78, 5) is 0. The molecular weight excluding hydrogens is 192 g/mol. The van der Waals surface area contributed by atoms with Crippen molar-refractivity contribution in [3.05, 3.63) is 25.3 Å². The third kappa shape index (κ3) is 7.31. The summed E-state index contributed by atoms with van der Waals surface area (Å²) in [6.45, 7) is 12.1. The van der Waals surface area contributed by atoms with Gasteiger partial charge >= 0.3 is 0 Å². The summed E-state index contributed by atoms with van der Waals surface area (Å²) in [5, 5.41) is 9.09. The van der Waals surface area contributed by atoms with E-state index >= 15 is 0 Å². The first-order valence-electron chi connectivity index (χ1n) is 5.23. The van der Waals surface area contributed by atoms with Crippen LogP contribution in [0.15, 0.2) is 25.3 Å². The number of rotatable bonds is 9. The van der Waals surface area contributed by atoms with E-state index in [9.17, 15) is 0 Å². The Morgan fingerprint density at radius 2 is 1.47 bits per heavy atom. The van der Waals surface area contributed by atoms with Gasteiger partial charge < -0.3 is 14.6 Å². The van der Waals surface area contributed by atoms with Crippen molar-refractivity contribution in [2.75, 3.05) is 19.8 Å². The molecule has 0 amide bonds. The van der Waals surface area contributed by atoms with Crippen LogP contribution in [-0.2, 0) is 9.47 Å². The smallest absolute Gasteiger partial charge is 0.0725 e. The lowest BCUT2D eigenvalue weighted by molar-refractivity contribution is -0.00791. The maximum atomic E-state index is 9.09. The van der Waals surface area contributed by atoms with Crippen molar-refractivity contribution in [1.29, 1.82) is 0 Å². The molecule has 2 atom stereocenters. The fraction of sp³-hybridized carbons (Fsp3) is 0.667. The molecule has 0 rings (SSSR count). The summed E-state index contributed by atoms with van der Waals surface area (Å²) in [5.41, 5.74) is 0. The van der Waals surface area contributed by atoms with E-state index in [2.05, 4.69) is 13.2 Å². The van der Waals surface area contributed by atoms with Crippen LogP contribution < -0.4 is 0 Å². The standard InChI is InChI=1S/C12H22O3/c1-5-10(3)14-8-12(7-13)9-15-11(4)6-2/h5-6,10-13H,1-2,7-9H2,3-4H3. The molecule has 0 saturated heterocycles. The highest BCUT2D eigenvalue weighted by molar-refractivity contribution is 4.77. The molecule has 0 aliphatic rings. The third-order valence-electron chi connectivity index (χ3n) is 2.11. The van der Waals surface area contributed by atoms with Crippen LogP contribution in [0.2, 0.25) is 0 Å². The molecule has 15 heavy (non-hydrogen) atoms. The van der Waals surface area contributed by atoms with Crippen molar-refractivity contribution in [3.8, 4) is 0 Å². The highest BCUT2D eigenvalue weighted by Gasteiger charge is 2.10. The summed E-state index contributed by atoms with van der Waals surface area (Å²) >= 11 is 0. The Balaban J connectivity index is 3.72. The Labute approximate surface area is 92.4 Å². The lowest BCUT2D eigenvalue weighted by atomic mass is 10.2. The fourth-order valence-electron chi connectivity index (χ4n) is 0.865. The highest BCUT2D eigenvalue weighted by Crippen LogP contribution is 2.03. The van der Waals surface area contributed by atoms with Gasteiger partial charge in [0.1, 0.15) is 0 Å². The Bertz CT molecular complexity index is 162. The molecule has 0 fully saturated rings. The molecule has 2 unspecified atom stereocenters. The average Bonchev–Trinajstić information content (AvgIpc) is 2.28. The average molecular weight is 214 g/mol. The summed E-state index contributed by atoms with van der Waals surface area (Å²) in [6.07, 6.45) is 3.47. The van der Waals surface area contributed by atoms with E-state index in [1.54, 1.807) is 12.2 Å². The fourth-order valence-corrected chi connectivity index (χ4v) is 0.865. The summed E-state index contributed by atoms with van der Waals surface area (Å²) in [6, 6.07) is 0. The molecule has 0 radical (unpaired) electrons. The topological polar surface area (TPSA) is 38.7 Å².